The number of hydrogen-bond donors (Lipinski definition) is 4. The summed E-state index contributed by atoms with van der Waals surface area (Å²) in [6, 6.07) is 44.0. The molecule has 0 spiro atoms. The van der Waals surface area contributed by atoms with Crippen molar-refractivity contribution in [3.8, 4) is 70.0 Å². The molecule has 0 bridgehead atoms. The minimum absolute atomic E-state index is 0.0357. The molecule has 6 heteroatoms. The molecule has 0 saturated carbocycles. The van der Waals surface area contributed by atoms with Crippen molar-refractivity contribution in [2.24, 2.45) is 0 Å². The summed E-state index contributed by atoms with van der Waals surface area (Å²) in [6.45, 7) is 0. The number of benzene rings is 7. The molecule has 0 amide bonds. The number of phenolic OH excluding ortho intramolecular Hbond substituents is 2. The van der Waals surface area contributed by atoms with E-state index in [0.29, 0.717) is 39.7 Å². The standard InChI is InChI=1S/C46H30N2O4/c47-41-29-37(21-24-43(41)49)51-39-27-34(19-16-31-10-4-1-5-11-31)45-36(28-39)26-35(20-17-32-12-6-2-7-13-32)46(52-38-22-25-44(50)42(48)30-38)40(45)23-18-33-14-8-3-9-15-33/h1-15,21-22,24-30,49-50H,47-48H2. The number of phenols is 2. The van der Waals surface area contributed by atoms with E-state index >= 15 is 0 Å². The number of aromatic hydroxyl groups is 2. The van der Waals surface area contributed by atoms with Crippen LogP contribution in [0.25, 0.3) is 10.8 Å². The van der Waals surface area contributed by atoms with Crippen molar-refractivity contribution in [2.45, 2.75) is 0 Å². The summed E-state index contributed by atoms with van der Waals surface area (Å²) in [4.78, 5) is 0. The highest BCUT2D eigenvalue weighted by atomic mass is 16.5. The normalized spacial score (nSPS) is 10.2. The average Bonchev–Trinajstić information content (AvgIpc) is 3.16. The lowest BCUT2D eigenvalue weighted by Crippen LogP contribution is -1.98. The average molecular weight is 675 g/mol. The lowest BCUT2D eigenvalue weighted by Gasteiger charge is -2.16. The number of hydrogen-bond acceptors (Lipinski definition) is 6. The SMILES string of the molecule is Nc1cc(Oc2cc(C#Cc3ccccc3)c3c(C#Cc4ccccc4)c(Oc4ccc(O)c(N)c4)c(C#Cc4ccccc4)cc3c2)ccc1O. The maximum Gasteiger partial charge on any atom is 0.159 e. The largest absolute Gasteiger partial charge is 0.506 e. The number of nitrogens with two attached hydrogens (primary N) is 2. The maximum atomic E-state index is 10.2. The Labute approximate surface area is 301 Å². The summed E-state index contributed by atoms with van der Waals surface area (Å²) < 4.78 is 12.9. The van der Waals surface area contributed by atoms with Crippen LogP contribution < -0.4 is 20.9 Å². The summed E-state index contributed by atoms with van der Waals surface area (Å²) >= 11 is 0. The Hall–Kier alpha value is -7.72. The molecule has 0 fully saturated rings. The van der Waals surface area contributed by atoms with E-state index in [2.05, 4.69) is 35.5 Å². The van der Waals surface area contributed by atoms with Gasteiger partial charge in [0.25, 0.3) is 0 Å². The van der Waals surface area contributed by atoms with Gasteiger partial charge in [-0.3, -0.25) is 0 Å². The van der Waals surface area contributed by atoms with Crippen molar-refractivity contribution >= 4 is 22.1 Å². The van der Waals surface area contributed by atoms with Gasteiger partial charge in [0.05, 0.1) is 22.5 Å². The van der Waals surface area contributed by atoms with Crippen molar-refractivity contribution in [3.05, 3.63) is 179 Å². The molecule has 6 N–H and O–H groups in total. The van der Waals surface area contributed by atoms with Gasteiger partial charge in [0.1, 0.15) is 28.7 Å². The molecular formula is C46H30N2O4. The third-order valence-corrected chi connectivity index (χ3v) is 7.95. The van der Waals surface area contributed by atoms with Gasteiger partial charge >= 0.3 is 0 Å². The van der Waals surface area contributed by atoms with Crippen molar-refractivity contribution < 1.29 is 19.7 Å². The zero-order valence-corrected chi connectivity index (χ0v) is 27.7. The Morgan fingerprint density at radius 2 is 0.904 bits per heavy atom. The molecular weight excluding hydrogens is 645 g/mol. The van der Waals surface area contributed by atoms with Gasteiger partial charge in [0.2, 0.25) is 0 Å². The van der Waals surface area contributed by atoms with E-state index < -0.39 is 0 Å². The highest BCUT2D eigenvalue weighted by molar-refractivity contribution is 5.98. The summed E-state index contributed by atoms with van der Waals surface area (Å²) in [5.41, 5.74) is 16.6. The van der Waals surface area contributed by atoms with Crippen LogP contribution in [0.5, 0.6) is 34.5 Å². The summed E-state index contributed by atoms with van der Waals surface area (Å²) in [7, 11) is 0. The van der Waals surface area contributed by atoms with Gasteiger partial charge in [0.15, 0.2) is 5.75 Å². The lowest BCUT2D eigenvalue weighted by atomic mass is 9.94. The van der Waals surface area contributed by atoms with Gasteiger partial charge in [-0.05, 0) is 84.2 Å². The van der Waals surface area contributed by atoms with Crippen LogP contribution in [0, 0.1) is 35.5 Å². The number of rotatable bonds is 4. The fourth-order valence-electron chi connectivity index (χ4n) is 5.40. The van der Waals surface area contributed by atoms with Crippen LogP contribution in [-0.2, 0) is 0 Å². The lowest BCUT2D eigenvalue weighted by molar-refractivity contribution is 0.465. The number of nitrogen functional groups attached to an aromatic ring is 2. The first kappa shape index (κ1) is 32.8. The first-order valence-corrected chi connectivity index (χ1v) is 16.3. The molecule has 0 radical (unpaired) electrons. The molecule has 0 unspecified atom stereocenters. The minimum Gasteiger partial charge on any atom is -0.506 e. The quantitative estimate of drug-likeness (QED) is 0.0842. The van der Waals surface area contributed by atoms with Crippen LogP contribution in [-0.4, -0.2) is 10.2 Å². The Morgan fingerprint density at radius 3 is 1.42 bits per heavy atom. The van der Waals surface area contributed by atoms with E-state index in [1.165, 1.54) is 12.1 Å². The van der Waals surface area contributed by atoms with Gasteiger partial charge in [-0.1, -0.05) is 90.1 Å². The predicted molar refractivity (Wildman–Crippen MR) is 206 cm³/mol. The van der Waals surface area contributed by atoms with E-state index in [9.17, 15) is 10.2 Å². The van der Waals surface area contributed by atoms with Gasteiger partial charge in [-0.25, -0.2) is 0 Å². The second-order valence-electron chi connectivity index (χ2n) is 11.7. The molecule has 7 rings (SSSR count). The molecule has 0 aliphatic rings. The first-order chi connectivity index (χ1) is 25.4. The fourth-order valence-corrected chi connectivity index (χ4v) is 5.40. The van der Waals surface area contributed by atoms with E-state index in [0.717, 1.165) is 27.5 Å². The van der Waals surface area contributed by atoms with E-state index in [-0.39, 0.29) is 22.9 Å². The summed E-state index contributed by atoms with van der Waals surface area (Å²) in [5.74, 6) is 21.6. The molecule has 0 aromatic heterocycles. The number of fused-ring (bicyclic) bond motifs is 1. The molecule has 7 aromatic rings. The number of ether oxygens (including phenoxy) is 2. The smallest absolute Gasteiger partial charge is 0.159 e. The van der Waals surface area contributed by atoms with E-state index in [1.54, 1.807) is 24.3 Å². The van der Waals surface area contributed by atoms with Crippen LogP contribution in [0.1, 0.15) is 33.4 Å². The van der Waals surface area contributed by atoms with E-state index in [1.807, 2.05) is 109 Å². The zero-order valence-electron chi connectivity index (χ0n) is 27.7. The van der Waals surface area contributed by atoms with Crippen LogP contribution in [0.15, 0.2) is 146 Å². The van der Waals surface area contributed by atoms with Crippen LogP contribution in [0.4, 0.5) is 11.4 Å². The predicted octanol–water partition coefficient (Wildman–Crippen LogP) is 9.20. The molecule has 0 saturated heterocycles. The molecule has 0 aliphatic heterocycles. The van der Waals surface area contributed by atoms with Crippen LogP contribution in [0.2, 0.25) is 0 Å². The Bertz CT molecular complexity index is 2620. The van der Waals surface area contributed by atoms with Crippen molar-refractivity contribution in [3.63, 3.8) is 0 Å². The monoisotopic (exact) mass is 674 g/mol. The molecule has 0 aliphatic carbocycles. The molecule has 0 atom stereocenters. The summed E-state index contributed by atoms with van der Waals surface area (Å²) in [5, 5.41) is 21.6. The van der Waals surface area contributed by atoms with Gasteiger partial charge < -0.3 is 31.2 Å². The summed E-state index contributed by atoms with van der Waals surface area (Å²) in [6.07, 6.45) is 0. The Balaban J connectivity index is 1.53. The maximum absolute atomic E-state index is 10.2. The van der Waals surface area contributed by atoms with Crippen molar-refractivity contribution in [2.75, 3.05) is 11.5 Å². The van der Waals surface area contributed by atoms with Gasteiger partial charge in [-0.15, -0.1) is 0 Å². The number of anilines is 2. The molecule has 0 heterocycles. The van der Waals surface area contributed by atoms with Gasteiger partial charge in [0, 0.05) is 39.8 Å². The molecule has 248 valence electrons. The Kier molecular flexibility index (Phi) is 9.34. The van der Waals surface area contributed by atoms with Crippen molar-refractivity contribution in [1.29, 1.82) is 0 Å². The second kappa shape index (κ2) is 14.8. The molecule has 7 aromatic carbocycles. The molecule has 6 nitrogen and oxygen atoms in total. The van der Waals surface area contributed by atoms with Crippen molar-refractivity contribution in [1.82, 2.24) is 0 Å². The topological polar surface area (TPSA) is 111 Å². The van der Waals surface area contributed by atoms with Crippen LogP contribution in [0.3, 0.4) is 0 Å². The van der Waals surface area contributed by atoms with Gasteiger partial charge in [-0.2, -0.15) is 0 Å². The Morgan fingerprint density at radius 1 is 0.423 bits per heavy atom. The fraction of sp³-hybridized carbons (Fsp3) is 0. The highest BCUT2D eigenvalue weighted by Crippen LogP contribution is 2.40. The highest BCUT2D eigenvalue weighted by Gasteiger charge is 2.19. The zero-order chi connectivity index (χ0) is 35.9. The molecule has 52 heavy (non-hydrogen) atoms. The third-order valence-electron chi connectivity index (χ3n) is 7.95. The first-order valence-electron chi connectivity index (χ1n) is 16.3. The minimum atomic E-state index is -0.0552. The second-order valence-corrected chi connectivity index (χ2v) is 11.7. The van der Waals surface area contributed by atoms with Crippen LogP contribution >= 0.6 is 0 Å². The van der Waals surface area contributed by atoms with E-state index in [4.69, 9.17) is 20.9 Å². The third kappa shape index (κ3) is 7.61.